The van der Waals surface area contributed by atoms with Crippen molar-refractivity contribution in [3.63, 3.8) is 0 Å². The number of unbranched alkanes of at least 4 members (excludes halogenated alkanes) is 1. The number of rotatable bonds is 16. The minimum Gasteiger partial charge on any atom is -0.378 e. The zero-order valence-electron chi connectivity index (χ0n) is 26.8. The second-order valence-corrected chi connectivity index (χ2v) is 14.0. The maximum atomic E-state index is 8.89. The monoisotopic (exact) mass is 599 g/mol. The first kappa shape index (κ1) is 33.7. The fourth-order valence-corrected chi connectivity index (χ4v) is 10.2. The van der Waals surface area contributed by atoms with Gasteiger partial charge < -0.3 is 14.2 Å². The van der Waals surface area contributed by atoms with Gasteiger partial charge in [-0.3, -0.25) is 0 Å². The Hall–Kier alpha value is -2.19. The molecule has 0 aliphatic heterocycles. The third-order valence-electron chi connectivity index (χ3n) is 12.2. The van der Waals surface area contributed by atoms with Crippen molar-refractivity contribution in [1.82, 2.24) is 0 Å². The van der Waals surface area contributed by atoms with Gasteiger partial charge in [0.2, 0.25) is 0 Å². The lowest BCUT2D eigenvalue weighted by Crippen LogP contribution is -2.63. The van der Waals surface area contributed by atoms with Crippen LogP contribution in [0.15, 0.2) is 15.3 Å². The lowest BCUT2D eigenvalue weighted by Gasteiger charge is -2.64. The third kappa shape index (κ3) is 7.22. The van der Waals surface area contributed by atoms with Crippen molar-refractivity contribution in [3.8, 4) is 0 Å². The molecule has 0 heterocycles. The van der Waals surface area contributed by atoms with Gasteiger partial charge in [-0.25, -0.2) is 0 Å². The van der Waals surface area contributed by atoms with E-state index in [1.165, 1.54) is 32.1 Å². The molecule has 0 bridgehead atoms. The van der Waals surface area contributed by atoms with Gasteiger partial charge in [0.15, 0.2) is 0 Å². The van der Waals surface area contributed by atoms with Crippen molar-refractivity contribution < 1.29 is 14.2 Å². The smallest absolute Gasteiger partial charge is 0.0637 e. The van der Waals surface area contributed by atoms with Crippen molar-refractivity contribution in [2.24, 2.45) is 61.7 Å². The van der Waals surface area contributed by atoms with Crippen molar-refractivity contribution in [3.05, 3.63) is 31.3 Å². The van der Waals surface area contributed by atoms with E-state index in [1.807, 2.05) is 0 Å². The summed E-state index contributed by atoms with van der Waals surface area (Å²) in [4.78, 5) is 8.77. The van der Waals surface area contributed by atoms with E-state index >= 15 is 0 Å². The van der Waals surface area contributed by atoms with Crippen LogP contribution in [-0.4, -0.2) is 57.8 Å². The molecule has 240 valence electrons. The number of azide groups is 3. The Kier molecular flexibility index (Phi) is 12.3. The highest BCUT2D eigenvalue weighted by atomic mass is 16.5. The van der Waals surface area contributed by atoms with Crippen molar-refractivity contribution >= 4 is 0 Å². The molecule has 43 heavy (non-hydrogen) atoms. The Morgan fingerprint density at radius 1 is 0.814 bits per heavy atom. The molecule has 0 aromatic rings. The van der Waals surface area contributed by atoms with E-state index in [2.05, 4.69) is 57.8 Å². The first-order chi connectivity index (χ1) is 20.8. The van der Waals surface area contributed by atoms with Crippen LogP contribution in [0.1, 0.15) is 91.9 Å². The maximum Gasteiger partial charge on any atom is 0.0637 e. The fourth-order valence-electron chi connectivity index (χ4n) is 10.2. The molecule has 12 nitrogen and oxygen atoms in total. The fraction of sp³-hybridized carbons (Fsp3) is 1.00. The lowest BCUT2D eigenvalue weighted by molar-refractivity contribution is -0.226. The maximum absolute atomic E-state index is 8.89. The highest BCUT2D eigenvalue weighted by Gasteiger charge is 2.66. The number of hydrogen-bond acceptors (Lipinski definition) is 6. The van der Waals surface area contributed by atoms with Gasteiger partial charge in [0.05, 0.1) is 38.1 Å². The Morgan fingerprint density at radius 3 is 2.12 bits per heavy atom. The van der Waals surface area contributed by atoms with Crippen LogP contribution in [0.5, 0.6) is 0 Å². The van der Waals surface area contributed by atoms with Crippen LogP contribution < -0.4 is 0 Å². The topological polar surface area (TPSA) is 174 Å². The first-order valence-electron chi connectivity index (χ1n) is 16.7. The summed E-state index contributed by atoms with van der Waals surface area (Å²) in [5.41, 5.74) is 26.6. The van der Waals surface area contributed by atoms with Gasteiger partial charge in [-0.05, 0) is 102 Å². The average Bonchev–Trinajstić information content (AvgIpc) is 3.37. The van der Waals surface area contributed by atoms with Crippen LogP contribution in [0.2, 0.25) is 0 Å². The molecule has 0 radical (unpaired) electrons. The molecule has 4 aliphatic carbocycles. The molecule has 0 amide bonds. The lowest BCUT2D eigenvalue weighted by atomic mass is 9.43. The number of nitrogens with zero attached hydrogens (tertiary/aromatic N) is 9. The van der Waals surface area contributed by atoms with E-state index in [0.29, 0.717) is 75.0 Å². The highest BCUT2D eigenvalue weighted by Crippen LogP contribution is 2.69. The highest BCUT2D eigenvalue weighted by molar-refractivity contribution is 5.15. The predicted octanol–water partition coefficient (Wildman–Crippen LogP) is 8.78. The Balaban J connectivity index is 1.65. The largest absolute Gasteiger partial charge is 0.378 e. The molecule has 0 saturated heterocycles. The standard InChI is InChI=1S/C31H53N9O3/c1-5-6-7-21(2)24-8-9-25-29-26(20-28(31(24,25)4)43-17-14-37-40-34)30(3)11-10-23(41-15-12-35-38-32)18-22(30)19-27(29)42-16-13-36-39-33/h21-29H,5-20H2,1-4H3/t21-,22?,23+,24-,25+,26+,27-,28+,29?,30+,31-/m1/s1. The van der Waals surface area contributed by atoms with Gasteiger partial charge in [-0.1, -0.05) is 62.3 Å². The third-order valence-corrected chi connectivity index (χ3v) is 12.2. The van der Waals surface area contributed by atoms with Gasteiger partial charge in [-0.2, -0.15) is 0 Å². The molecule has 4 fully saturated rings. The molecule has 4 aliphatic rings. The predicted molar refractivity (Wildman–Crippen MR) is 166 cm³/mol. The molecule has 2 unspecified atom stereocenters. The van der Waals surface area contributed by atoms with Crippen LogP contribution in [0.25, 0.3) is 31.3 Å². The summed E-state index contributed by atoms with van der Waals surface area (Å²) in [6.45, 7) is 12.2. The molecule has 0 spiro atoms. The van der Waals surface area contributed by atoms with E-state index in [9.17, 15) is 0 Å². The summed E-state index contributed by atoms with van der Waals surface area (Å²) in [5.74, 6) is 3.04. The van der Waals surface area contributed by atoms with Crippen molar-refractivity contribution in [2.45, 2.75) is 110 Å². The van der Waals surface area contributed by atoms with Gasteiger partial charge in [0, 0.05) is 39.8 Å². The van der Waals surface area contributed by atoms with E-state index in [4.69, 9.17) is 30.8 Å². The zero-order valence-corrected chi connectivity index (χ0v) is 26.8. The summed E-state index contributed by atoms with van der Waals surface area (Å²) < 4.78 is 19.7. The molecular weight excluding hydrogens is 546 g/mol. The van der Waals surface area contributed by atoms with E-state index in [1.54, 1.807) is 0 Å². The molecule has 4 rings (SSSR count). The minimum absolute atomic E-state index is 0.0296. The summed E-state index contributed by atoms with van der Waals surface area (Å²) in [6, 6.07) is 0. The average molecular weight is 600 g/mol. The van der Waals surface area contributed by atoms with Gasteiger partial charge in [-0.15, -0.1) is 0 Å². The van der Waals surface area contributed by atoms with E-state index in [0.717, 1.165) is 32.1 Å². The summed E-state index contributed by atoms with van der Waals surface area (Å²) >= 11 is 0. The molecule has 0 N–H and O–H groups in total. The van der Waals surface area contributed by atoms with Crippen molar-refractivity contribution in [1.29, 1.82) is 0 Å². The Bertz CT molecular complexity index is 1060. The zero-order chi connectivity index (χ0) is 30.9. The Labute approximate surface area is 256 Å². The number of fused-ring (bicyclic) bond motifs is 5. The molecule has 4 saturated carbocycles. The molecular formula is C31H53N9O3. The quantitative estimate of drug-likeness (QED) is 0.0747. The van der Waals surface area contributed by atoms with Crippen LogP contribution in [0.4, 0.5) is 0 Å². The second kappa shape index (κ2) is 15.7. The van der Waals surface area contributed by atoms with Crippen LogP contribution in [-0.2, 0) is 14.2 Å². The summed E-state index contributed by atoms with van der Waals surface area (Å²) in [5, 5.41) is 11.2. The molecule has 11 atom stereocenters. The van der Waals surface area contributed by atoms with Crippen LogP contribution in [0, 0.1) is 46.3 Å². The van der Waals surface area contributed by atoms with Gasteiger partial charge in [0.1, 0.15) is 0 Å². The number of ether oxygens (including phenoxy) is 3. The molecule has 0 aromatic heterocycles. The van der Waals surface area contributed by atoms with Crippen LogP contribution >= 0.6 is 0 Å². The second-order valence-electron chi connectivity index (χ2n) is 14.0. The Morgan fingerprint density at radius 2 is 1.47 bits per heavy atom. The summed E-state index contributed by atoms with van der Waals surface area (Å²) in [7, 11) is 0. The van der Waals surface area contributed by atoms with Gasteiger partial charge >= 0.3 is 0 Å². The van der Waals surface area contributed by atoms with Crippen LogP contribution in [0.3, 0.4) is 0 Å². The van der Waals surface area contributed by atoms with E-state index < -0.39 is 0 Å². The van der Waals surface area contributed by atoms with Crippen molar-refractivity contribution in [2.75, 3.05) is 39.5 Å². The minimum atomic E-state index is 0.0296. The molecule has 0 aromatic carbocycles. The number of hydrogen-bond donors (Lipinski definition) is 0. The van der Waals surface area contributed by atoms with Gasteiger partial charge in [0.25, 0.3) is 0 Å². The normalized spacial score (nSPS) is 38.8. The SMILES string of the molecule is CCCC[C@@H](C)[C@H]1CC[C@H]2C3[C@H](OCCN=[N+]=[N-])CC4C[C@@H](OCCN=[N+]=[N-])CC[C@]4(C)[C@H]3C[C@H](OCCN=[N+]=[N-])[C@]12C. The molecule has 12 heteroatoms. The van der Waals surface area contributed by atoms with E-state index in [-0.39, 0.29) is 29.1 Å². The summed E-state index contributed by atoms with van der Waals surface area (Å²) in [6.07, 6.45) is 11.6. The first-order valence-corrected chi connectivity index (χ1v) is 16.7.